The molecule has 18 heavy (non-hydrogen) atoms. The zero-order valence-electron chi connectivity index (χ0n) is 10.3. The molecule has 10 aliphatic rings. The molecular weight excluding hydrogens is 332 g/mol. The molecule has 0 aromatic heterocycles. The summed E-state index contributed by atoms with van der Waals surface area (Å²) in [5.74, 6) is 0.788. The van der Waals surface area contributed by atoms with Gasteiger partial charge < -0.3 is 0 Å². The van der Waals surface area contributed by atoms with Crippen LogP contribution in [0, 0.1) is 0 Å². The fourth-order valence-electron chi connectivity index (χ4n) is 17.5. The average molecular weight is 349 g/mol. The zero-order chi connectivity index (χ0) is 11.6. The Hall–Kier alpha value is 0.669. The molecule has 0 bridgehead atoms. The van der Waals surface area contributed by atoms with Gasteiger partial charge in [0.15, 0.2) is 0 Å². The number of hydrogen-bond acceptors (Lipinski definition) is 1. The van der Waals surface area contributed by atoms with E-state index in [0.29, 0.717) is 4.31 Å². The number of fused-ring (bicyclic) bond motifs is 10. The van der Waals surface area contributed by atoms with Crippen molar-refractivity contribution in [2.45, 2.75) is 72.3 Å². The first-order valence-electron chi connectivity index (χ1n) is 7.83. The van der Waals surface area contributed by atoms with Crippen molar-refractivity contribution < 1.29 is 11.3 Å². The molecule has 10 aliphatic heterocycles. The van der Waals surface area contributed by atoms with Crippen LogP contribution >= 0.6 is 15.9 Å². The summed E-state index contributed by atoms with van der Waals surface area (Å²) >= 11 is 3.79. The topological polar surface area (TPSA) is 17.1 Å². The Labute approximate surface area is 105 Å². The van der Waals surface area contributed by atoms with Crippen LogP contribution in [0.4, 0.5) is 0 Å². The molecule has 1 nitrogen and oxygen atoms in total. The molecule has 10 rings (SSSR count). The molecule has 0 aromatic carbocycles. The summed E-state index contributed by atoms with van der Waals surface area (Å²) in [7, 11) is 0. The Balaban J connectivity index is 1.44. The molecule has 0 radical (unpaired) electrons. The Morgan fingerprint density at radius 1 is 1.11 bits per heavy atom. The van der Waals surface area contributed by atoms with Gasteiger partial charge in [-0.1, -0.05) is 0 Å². The van der Waals surface area contributed by atoms with Crippen LogP contribution in [0.1, 0.15) is 19.8 Å². The molecule has 10 saturated heterocycles. The summed E-state index contributed by atoms with van der Waals surface area (Å²) in [6.45, 7) is -0.889. The van der Waals surface area contributed by atoms with Crippen molar-refractivity contribution >= 4 is 21.7 Å². The number of ketones is 1. The van der Waals surface area contributed by atoms with Gasteiger partial charge in [0.05, 0.1) is 0 Å². The quantitative estimate of drug-likeness (QED) is 0.522. The zero-order valence-corrected chi connectivity index (χ0v) is 13.0. The van der Waals surface area contributed by atoms with Gasteiger partial charge in [-0.2, -0.15) is 0 Å². The molecule has 0 aliphatic carbocycles. The van der Waals surface area contributed by atoms with Crippen molar-refractivity contribution in [3.63, 3.8) is 0 Å². The van der Waals surface area contributed by atoms with Gasteiger partial charge in [0.1, 0.15) is 0 Å². The third-order valence-corrected chi connectivity index (χ3v) is 59.1. The summed E-state index contributed by atoms with van der Waals surface area (Å²) < 4.78 is 0.488. The van der Waals surface area contributed by atoms with E-state index in [0.717, 1.165) is 28.3 Å². The van der Waals surface area contributed by atoms with Gasteiger partial charge in [0.2, 0.25) is 0 Å². The van der Waals surface area contributed by atoms with Gasteiger partial charge in [0, 0.05) is 0 Å². The summed E-state index contributed by atoms with van der Waals surface area (Å²) in [6.07, 6.45) is 2.26. The molecule has 5 unspecified atom stereocenters. The number of Topliss-reactive ketones (excluding diaryl/α,β-unsaturated/α-hetero) is 1. The first-order chi connectivity index (χ1) is 8.44. The molecular formula is C15H17BrFeO. The standard InChI is InChI=1S/C10H12BrO.C5H5.Fe/c1-2-5-9(11)10(12)8-6-3-4-7-8;1-2-4-5-3-1;/h3-4,6-7,9H,2,5H2,1H3;1-5H;. The van der Waals surface area contributed by atoms with Gasteiger partial charge >= 0.3 is 105 Å². The normalized spacial score (nSPS) is 115. The van der Waals surface area contributed by atoms with E-state index in [2.05, 4.69) is 22.9 Å². The molecule has 0 amide bonds. The van der Waals surface area contributed by atoms with Crippen LogP contribution in [0.5, 0.6) is 0 Å². The Morgan fingerprint density at radius 2 is 1.61 bits per heavy atom. The predicted octanol–water partition coefficient (Wildman–Crippen LogP) is 4.88. The minimum atomic E-state index is -3.11. The van der Waals surface area contributed by atoms with Gasteiger partial charge in [-0.3, -0.25) is 0 Å². The Morgan fingerprint density at radius 3 is 1.89 bits per heavy atom. The summed E-state index contributed by atoms with van der Waals surface area (Å²) in [4.78, 5) is 24.9. The van der Waals surface area contributed by atoms with E-state index in [1.165, 1.54) is 33.7 Å². The molecule has 5 atom stereocenters. The molecule has 0 saturated carbocycles. The second-order valence-electron chi connectivity index (χ2n) is 11.3. The molecule has 0 N–H and O–H groups in total. The van der Waals surface area contributed by atoms with Crippen molar-refractivity contribution in [2.75, 3.05) is 0 Å². The van der Waals surface area contributed by atoms with Crippen LogP contribution in [0.3, 0.4) is 0 Å². The van der Waals surface area contributed by atoms with E-state index >= 15 is 0 Å². The van der Waals surface area contributed by atoms with Crippen LogP contribution in [0.2, 0.25) is 47.7 Å². The third kappa shape index (κ3) is 0.0797. The summed E-state index contributed by atoms with van der Waals surface area (Å²) in [6, 6.07) is 0. The predicted molar refractivity (Wildman–Crippen MR) is 69.1 cm³/mol. The van der Waals surface area contributed by atoms with Crippen molar-refractivity contribution in [3.8, 4) is 0 Å². The maximum absolute atomic E-state index is 13.3. The summed E-state index contributed by atoms with van der Waals surface area (Å²) in [5.41, 5.74) is 0. The first kappa shape index (κ1) is 7.61. The molecule has 0 aromatic rings. The third-order valence-electron chi connectivity index (χ3n) is 15.9. The van der Waals surface area contributed by atoms with E-state index in [4.69, 9.17) is 0 Å². The van der Waals surface area contributed by atoms with Crippen molar-refractivity contribution in [1.29, 1.82) is 0 Å². The van der Waals surface area contributed by atoms with Crippen molar-refractivity contribution in [3.05, 3.63) is 0 Å². The number of carbonyl (C=O) groups excluding carboxylic acids is 1. The Bertz CT molecular complexity index is 929. The summed E-state index contributed by atoms with van der Waals surface area (Å²) in [5, 5.41) is 0. The van der Waals surface area contributed by atoms with E-state index in [9.17, 15) is 4.79 Å². The van der Waals surface area contributed by atoms with Gasteiger partial charge in [-0.25, -0.2) is 0 Å². The molecule has 3 heteroatoms. The molecule has 10 heterocycles. The van der Waals surface area contributed by atoms with Gasteiger partial charge in [0.25, 0.3) is 0 Å². The second-order valence-corrected chi connectivity index (χ2v) is 36.0. The number of halogens is 1. The maximum atomic E-state index is 13.3. The average Bonchev–Trinajstić information content (AvgIpc) is 3.29. The monoisotopic (exact) mass is 348 g/mol. The fourth-order valence-corrected chi connectivity index (χ4v) is 92.5. The molecule has 10 fully saturated rings. The number of alkyl halides is 1. The molecule has 1 spiro atoms. The van der Waals surface area contributed by atoms with E-state index in [-0.39, 0.29) is 4.83 Å². The van der Waals surface area contributed by atoms with Crippen molar-refractivity contribution in [1.82, 2.24) is 0 Å². The number of rotatable bonds is 4. The van der Waals surface area contributed by atoms with Crippen LogP contribution in [-0.2, 0) is 11.3 Å². The van der Waals surface area contributed by atoms with Crippen LogP contribution in [0.25, 0.3) is 0 Å². The van der Waals surface area contributed by atoms with Crippen molar-refractivity contribution in [2.24, 2.45) is 0 Å². The second kappa shape index (κ2) is 0.654. The van der Waals surface area contributed by atoms with E-state index < -0.39 is 6.51 Å². The van der Waals surface area contributed by atoms with Crippen LogP contribution in [-0.4, -0.2) is 10.6 Å². The number of carbonyl (C=O) groups is 1. The van der Waals surface area contributed by atoms with Gasteiger partial charge in [-0.15, -0.1) is 0 Å². The van der Waals surface area contributed by atoms with Crippen LogP contribution < -0.4 is 0 Å². The minimum absolute atomic E-state index is 0.238. The van der Waals surface area contributed by atoms with Crippen LogP contribution in [0.15, 0.2) is 0 Å². The van der Waals surface area contributed by atoms with E-state index in [1.807, 2.05) is 0 Å². The molecule has 98 valence electrons. The van der Waals surface area contributed by atoms with E-state index in [1.54, 1.807) is 0 Å². The van der Waals surface area contributed by atoms with Gasteiger partial charge in [-0.05, 0) is 0 Å². The fraction of sp³-hybridized carbons (Fsp3) is 0.933. The number of hydrogen-bond donors (Lipinski definition) is 0. The Kier molecular flexibility index (Phi) is 0.276. The SMILES string of the molecule is CCCC(Br)C(=O)[C]12[CH]3[CH]4[CH]5[CH]1[Fe]45321678[CH]2[CH]1[CH]6[CH]7[CH]28. The first-order valence-corrected chi connectivity index (χ1v) is 15.0.